The number of hydrogen-bond acceptors (Lipinski definition) is 4. The molecule has 1 aliphatic rings. The number of hydrogen-bond donors (Lipinski definition) is 2. The maximum atomic E-state index is 6.24. The minimum absolute atomic E-state index is 0. The lowest BCUT2D eigenvalue weighted by Crippen LogP contribution is -2.44. The largest absolute Gasteiger partial charge is 0.353 e. The molecule has 0 radical (unpaired) electrons. The van der Waals surface area contributed by atoms with E-state index in [2.05, 4.69) is 30.6 Å². The number of nitrogens with zero attached hydrogens (tertiary/aromatic N) is 5. The predicted molar refractivity (Wildman–Crippen MR) is 112 cm³/mol. The lowest BCUT2D eigenvalue weighted by Gasteiger charge is -2.20. The van der Waals surface area contributed by atoms with Crippen molar-refractivity contribution in [3.63, 3.8) is 0 Å². The van der Waals surface area contributed by atoms with E-state index in [0.717, 1.165) is 36.9 Å². The molecule has 2 N–H and O–H groups in total. The van der Waals surface area contributed by atoms with E-state index in [0.29, 0.717) is 17.6 Å². The molecule has 3 heterocycles. The maximum absolute atomic E-state index is 6.24. The molecule has 1 saturated heterocycles. The van der Waals surface area contributed by atoms with Crippen molar-refractivity contribution in [1.82, 2.24) is 25.4 Å². The highest BCUT2D eigenvalue weighted by atomic mass is 127. The molecule has 0 spiro atoms. The molecule has 0 aromatic carbocycles. The standard InChI is InChI=1S/C16H22ClN7.HI/c1-18-16(20-8-12-9-21-23(2)10-12)22-13-5-7-24(11-13)15-14(17)4-3-6-19-15;/h3-4,6,9-10,13H,5,7-8,11H2,1-2H3,(H2,18,20,22);1H. The van der Waals surface area contributed by atoms with E-state index in [-0.39, 0.29) is 24.0 Å². The highest BCUT2D eigenvalue weighted by Gasteiger charge is 2.25. The molecule has 1 unspecified atom stereocenters. The summed E-state index contributed by atoms with van der Waals surface area (Å²) in [4.78, 5) is 10.9. The van der Waals surface area contributed by atoms with Crippen LogP contribution in [0, 0.1) is 0 Å². The van der Waals surface area contributed by atoms with Crippen LogP contribution < -0.4 is 15.5 Å². The zero-order valence-corrected chi connectivity index (χ0v) is 17.4. The second kappa shape index (κ2) is 9.23. The topological polar surface area (TPSA) is 70.4 Å². The molecule has 7 nitrogen and oxygen atoms in total. The highest BCUT2D eigenvalue weighted by Crippen LogP contribution is 2.25. The number of guanidine groups is 1. The normalized spacial score (nSPS) is 17.3. The molecule has 9 heteroatoms. The fourth-order valence-electron chi connectivity index (χ4n) is 2.82. The van der Waals surface area contributed by atoms with E-state index in [1.165, 1.54) is 0 Å². The van der Waals surface area contributed by atoms with Crippen LogP contribution in [-0.4, -0.2) is 46.9 Å². The lowest BCUT2D eigenvalue weighted by molar-refractivity contribution is 0.648. The van der Waals surface area contributed by atoms with Gasteiger partial charge in [0, 0.05) is 57.7 Å². The van der Waals surface area contributed by atoms with Crippen LogP contribution in [0.15, 0.2) is 35.7 Å². The molecule has 2 aromatic heterocycles. The van der Waals surface area contributed by atoms with Crippen LogP contribution in [0.5, 0.6) is 0 Å². The van der Waals surface area contributed by atoms with Crippen molar-refractivity contribution in [3.8, 4) is 0 Å². The molecule has 0 amide bonds. The number of aromatic nitrogens is 3. The third-order valence-electron chi connectivity index (χ3n) is 4.01. The number of nitrogens with one attached hydrogen (secondary N) is 2. The molecule has 0 saturated carbocycles. The Bertz CT molecular complexity index is 718. The third-order valence-corrected chi connectivity index (χ3v) is 4.30. The Balaban J connectivity index is 0.00000225. The van der Waals surface area contributed by atoms with Gasteiger partial charge in [0.2, 0.25) is 0 Å². The zero-order valence-electron chi connectivity index (χ0n) is 14.3. The molecule has 0 aliphatic carbocycles. The van der Waals surface area contributed by atoms with Gasteiger partial charge >= 0.3 is 0 Å². The van der Waals surface area contributed by atoms with Crippen LogP contribution in [0.3, 0.4) is 0 Å². The average Bonchev–Trinajstić information content (AvgIpc) is 3.21. The highest BCUT2D eigenvalue weighted by molar-refractivity contribution is 14.0. The molecular formula is C16H23ClIN7. The van der Waals surface area contributed by atoms with Crippen LogP contribution in [0.25, 0.3) is 0 Å². The van der Waals surface area contributed by atoms with Crippen molar-refractivity contribution < 1.29 is 0 Å². The van der Waals surface area contributed by atoms with Crippen LogP contribution in [0.4, 0.5) is 5.82 Å². The average molecular weight is 476 g/mol. The van der Waals surface area contributed by atoms with Gasteiger partial charge in [-0.15, -0.1) is 24.0 Å². The minimum Gasteiger partial charge on any atom is -0.353 e. The molecule has 25 heavy (non-hydrogen) atoms. The SMILES string of the molecule is CN=C(NCc1cnn(C)c1)NC1CCN(c2ncccc2Cl)C1.I. The van der Waals surface area contributed by atoms with Gasteiger partial charge in [-0.05, 0) is 18.6 Å². The first-order valence-corrected chi connectivity index (χ1v) is 8.33. The van der Waals surface area contributed by atoms with Gasteiger partial charge in [0.1, 0.15) is 5.82 Å². The summed E-state index contributed by atoms with van der Waals surface area (Å²) in [7, 11) is 3.69. The summed E-state index contributed by atoms with van der Waals surface area (Å²) in [6.45, 7) is 2.47. The number of halogens is 2. The maximum Gasteiger partial charge on any atom is 0.191 e. The molecule has 136 valence electrons. The van der Waals surface area contributed by atoms with Crippen molar-refractivity contribution in [2.75, 3.05) is 25.0 Å². The molecular weight excluding hydrogens is 453 g/mol. The molecule has 1 aliphatic heterocycles. The van der Waals surface area contributed by atoms with Crippen molar-refractivity contribution in [1.29, 1.82) is 0 Å². The first-order valence-electron chi connectivity index (χ1n) is 7.96. The second-order valence-corrected chi connectivity index (χ2v) is 6.24. The van der Waals surface area contributed by atoms with Crippen molar-refractivity contribution in [2.45, 2.75) is 19.0 Å². The zero-order chi connectivity index (χ0) is 16.9. The first-order chi connectivity index (χ1) is 11.7. The quantitative estimate of drug-likeness (QED) is 0.402. The molecule has 1 fully saturated rings. The van der Waals surface area contributed by atoms with Gasteiger partial charge in [-0.25, -0.2) is 4.98 Å². The fourth-order valence-corrected chi connectivity index (χ4v) is 3.06. The third kappa shape index (κ3) is 5.21. The number of aliphatic imine (C=N–C) groups is 1. The monoisotopic (exact) mass is 475 g/mol. The Kier molecular flexibility index (Phi) is 7.30. The van der Waals surface area contributed by atoms with E-state index < -0.39 is 0 Å². The summed E-state index contributed by atoms with van der Waals surface area (Å²) in [6, 6.07) is 4.03. The Morgan fingerprint density at radius 2 is 2.32 bits per heavy atom. The van der Waals surface area contributed by atoms with Gasteiger partial charge in [-0.1, -0.05) is 11.6 Å². The molecule has 1 atom stereocenters. The van der Waals surface area contributed by atoms with E-state index in [1.54, 1.807) is 17.9 Å². The summed E-state index contributed by atoms with van der Waals surface area (Å²) in [5.74, 6) is 1.64. The number of rotatable bonds is 4. The number of anilines is 1. The summed E-state index contributed by atoms with van der Waals surface area (Å²) < 4.78 is 1.79. The smallest absolute Gasteiger partial charge is 0.191 e. The van der Waals surface area contributed by atoms with Gasteiger partial charge in [0.05, 0.1) is 11.2 Å². The Morgan fingerprint density at radius 3 is 3.00 bits per heavy atom. The summed E-state index contributed by atoms with van der Waals surface area (Å²) in [6.07, 6.45) is 6.62. The summed E-state index contributed by atoms with van der Waals surface area (Å²) >= 11 is 6.24. The van der Waals surface area contributed by atoms with Crippen molar-refractivity contribution >= 4 is 47.4 Å². The van der Waals surface area contributed by atoms with Gasteiger partial charge in [-0.3, -0.25) is 9.67 Å². The number of aryl methyl sites for hydroxylation is 1. The van der Waals surface area contributed by atoms with E-state index in [1.807, 2.05) is 31.6 Å². The van der Waals surface area contributed by atoms with Crippen LogP contribution in [0.1, 0.15) is 12.0 Å². The number of pyridine rings is 1. The summed E-state index contributed by atoms with van der Waals surface area (Å²) in [5.41, 5.74) is 1.12. The van der Waals surface area contributed by atoms with Gasteiger partial charge in [0.15, 0.2) is 5.96 Å². The van der Waals surface area contributed by atoms with Crippen molar-refractivity contribution in [2.24, 2.45) is 12.0 Å². The Labute approximate surface area is 169 Å². The lowest BCUT2D eigenvalue weighted by atomic mass is 10.3. The van der Waals surface area contributed by atoms with Gasteiger partial charge in [0.25, 0.3) is 0 Å². The Hall–Kier alpha value is -1.55. The Morgan fingerprint density at radius 1 is 1.48 bits per heavy atom. The van der Waals surface area contributed by atoms with Gasteiger partial charge < -0.3 is 15.5 Å². The second-order valence-electron chi connectivity index (χ2n) is 5.83. The van der Waals surface area contributed by atoms with Crippen LogP contribution in [0.2, 0.25) is 5.02 Å². The van der Waals surface area contributed by atoms with E-state index >= 15 is 0 Å². The van der Waals surface area contributed by atoms with E-state index in [9.17, 15) is 0 Å². The predicted octanol–water partition coefficient (Wildman–Crippen LogP) is 2.03. The fraction of sp³-hybridized carbons (Fsp3) is 0.438. The molecule has 2 aromatic rings. The first kappa shape index (κ1) is 19.8. The summed E-state index contributed by atoms with van der Waals surface area (Å²) in [5, 5.41) is 11.6. The van der Waals surface area contributed by atoms with Crippen molar-refractivity contribution in [3.05, 3.63) is 41.3 Å². The van der Waals surface area contributed by atoms with Gasteiger partial charge in [-0.2, -0.15) is 5.10 Å². The molecule has 0 bridgehead atoms. The van der Waals surface area contributed by atoms with E-state index in [4.69, 9.17) is 11.6 Å². The van der Waals surface area contributed by atoms with Crippen LogP contribution >= 0.6 is 35.6 Å². The minimum atomic E-state index is 0. The molecule has 3 rings (SSSR count). The van der Waals surface area contributed by atoms with Crippen LogP contribution in [-0.2, 0) is 13.6 Å².